The Hall–Kier alpha value is -1.16. The molecule has 98 valence electrons. The van der Waals surface area contributed by atoms with Gasteiger partial charge in [0.2, 0.25) is 0 Å². The number of nitrogens with zero attached hydrogens (tertiary/aromatic N) is 1. The van der Waals surface area contributed by atoms with Gasteiger partial charge in [-0.15, -0.1) is 0 Å². The highest BCUT2D eigenvalue weighted by atomic mass is 32.1. The van der Waals surface area contributed by atoms with Crippen molar-refractivity contribution in [3.05, 3.63) is 29.6 Å². The predicted molar refractivity (Wildman–Crippen MR) is 77.3 cm³/mol. The van der Waals surface area contributed by atoms with Crippen molar-refractivity contribution in [3.8, 4) is 0 Å². The van der Waals surface area contributed by atoms with E-state index in [0.717, 1.165) is 24.7 Å². The van der Waals surface area contributed by atoms with Crippen LogP contribution in [-0.2, 0) is 0 Å². The number of anilines is 1. The molecule has 0 atom stereocenters. The summed E-state index contributed by atoms with van der Waals surface area (Å²) < 4.78 is 13.4. The summed E-state index contributed by atoms with van der Waals surface area (Å²) >= 11 is 5.36. The lowest BCUT2D eigenvalue weighted by atomic mass is 10.00. The van der Waals surface area contributed by atoms with Crippen LogP contribution in [0.2, 0.25) is 0 Å². The van der Waals surface area contributed by atoms with Crippen molar-refractivity contribution in [1.82, 2.24) is 4.90 Å². The van der Waals surface area contributed by atoms with E-state index in [-0.39, 0.29) is 5.82 Å². The standard InChI is InChI=1S/C14H19FN2S/c1-10-5-7-17(8-6-10)14(18)16-12-4-3-11(2)13(15)9-12/h3-4,9-10H,5-8H2,1-2H3,(H,16,18). The van der Waals surface area contributed by atoms with Crippen molar-refractivity contribution in [2.24, 2.45) is 5.92 Å². The molecule has 2 nitrogen and oxygen atoms in total. The molecule has 1 N–H and O–H groups in total. The summed E-state index contributed by atoms with van der Waals surface area (Å²) in [5.74, 6) is 0.580. The molecule has 1 heterocycles. The molecule has 0 unspecified atom stereocenters. The van der Waals surface area contributed by atoms with E-state index < -0.39 is 0 Å². The van der Waals surface area contributed by atoms with Crippen LogP contribution in [-0.4, -0.2) is 23.1 Å². The summed E-state index contributed by atoms with van der Waals surface area (Å²) in [6.45, 7) is 6.00. The number of thiocarbonyl (C=S) groups is 1. The first-order valence-electron chi connectivity index (χ1n) is 6.38. The minimum atomic E-state index is -0.199. The molecule has 0 aliphatic carbocycles. The number of piperidine rings is 1. The minimum Gasteiger partial charge on any atom is -0.349 e. The molecule has 0 bridgehead atoms. The number of hydrogen-bond donors (Lipinski definition) is 1. The van der Waals surface area contributed by atoms with Gasteiger partial charge >= 0.3 is 0 Å². The molecule has 1 aromatic carbocycles. The Morgan fingerprint density at radius 1 is 1.39 bits per heavy atom. The summed E-state index contributed by atoms with van der Waals surface area (Å²) in [4.78, 5) is 2.16. The van der Waals surface area contributed by atoms with Crippen LogP contribution >= 0.6 is 12.2 Å². The van der Waals surface area contributed by atoms with Crippen molar-refractivity contribution in [3.63, 3.8) is 0 Å². The van der Waals surface area contributed by atoms with Gasteiger partial charge in [-0.3, -0.25) is 0 Å². The average molecular weight is 266 g/mol. The Balaban J connectivity index is 1.96. The summed E-state index contributed by atoms with van der Waals surface area (Å²) in [5, 5.41) is 3.81. The van der Waals surface area contributed by atoms with Crippen LogP contribution in [0, 0.1) is 18.7 Å². The van der Waals surface area contributed by atoms with Gasteiger partial charge in [0.15, 0.2) is 5.11 Å². The quantitative estimate of drug-likeness (QED) is 0.782. The van der Waals surface area contributed by atoms with E-state index in [2.05, 4.69) is 17.1 Å². The number of hydrogen-bond acceptors (Lipinski definition) is 1. The van der Waals surface area contributed by atoms with Gasteiger partial charge in [-0.2, -0.15) is 0 Å². The monoisotopic (exact) mass is 266 g/mol. The number of benzene rings is 1. The van der Waals surface area contributed by atoms with Crippen LogP contribution in [0.15, 0.2) is 18.2 Å². The zero-order valence-electron chi connectivity index (χ0n) is 10.9. The van der Waals surface area contributed by atoms with Gasteiger partial charge in [0.1, 0.15) is 5.82 Å². The molecule has 0 spiro atoms. The molecule has 0 amide bonds. The summed E-state index contributed by atoms with van der Waals surface area (Å²) in [7, 11) is 0. The Morgan fingerprint density at radius 3 is 2.67 bits per heavy atom. The van der Waals surface area contributed by atoms with Gasteiger partial charge in [0.05, 0.1) is 0 Å². The van der Waals surface area contributed by atoms with Crippen molar-refractivity contribution < 1.29 is 4.39 Å². The fourth-order valence-corrected chi connectivity index (χ4v) is 2.39. The highest BCUT2D eigenvalue weighted by Gasteiger charge is 2.17. The molecule has 1 fully saturated rings. The fraction of sp³-hybridized carbons (Fsp3) is 0.500. The fourth-order valence-electron chi connectivity index (χ4n) is 2.08. The van der Waals surface area contributed by atoms with E-state index >= 15 is 0 Å². The Kier molecular flexibility index (Phi) is 4.17. The van der Waals surface area contributed by atoms with E-state index in [9.17, 15) is 4.39 Å². The van der Waals surface area contributed by atoms with Crippen LogP contribution in [0.5, 0.6) is 0 Å². The largest absolute Gasteiger partial charge is 0.349 e. The van der Waals surface area contributed by atoms with Gasteiger partial charge < -0.3 is 10.2 Å². The zero-order chi connectivity index (χ0) is 13.1. The maximum atomic E-state index is 13.4. The minimum absolute atomic E-state index is 0.199. The van der Waals surface area contributed by atoms with Crippen molar-refractivity contribution in [1.29, 1.82) is 0 Å². The third-order valence-corrected chi connectivity index (χ3v) is 3.85. The van der Waals surface area contributed by atoms with Crippen molar-refractivity contribution in [2.75, 3.05) is 18.4 Å². The maximum Gasteiger partial charge on any atom is 0.173 e. The molecule has 0 saturated carbocycles. The first kappa shape index (κ1) is 13.3. The first-order chi connectivity index (χ1) is 8.56. The molecular weight excluding hydrogens is 247 g/mol. The maximum absolute atomic E-state index is 13.4. The lowest BCUT2D eigenvalue weighted by Gasteiger charge is -2.32. The highest BCUT2D eigenvalue weighted by Crippen LogP contribution is 2.18. The molecule has 1 saturated heterocycles. The van der Waals surface area contributed by atoms with Gasteiger partial charge in [-0.25, -0.2) is 4.39 Å². The van der Waals surface area contributed by atoms with E-state index in [1.165, 1.54) is 18.9 Å². The molecular formula is C14H19FN2S. The van der Waals surface area contributed by atoms with Crippen LogP contribution in [0.25, 0.3) is 0 Å². The van der Waals surface area contributed by atoms with Gasteiger partial charge in [-0.1, -0.05) is 13.0 Å². The number of aryl methyl sites for hydroxylation is 1. The Morgan fingerprint density at radius 2 is 2.06 bits per heavy atom. The van der Waals surface area contributed by atoms with Crippen LogP contribution in [0.1, 0.15) is 25.3 Å². The Labute approximate surface area is 113 Å². The van der Waals surface area contributed by atoms with Gasteiger partial charge in [0.25, 0.3) is 0 Å². The molecule has 0 aromatic heterocycles. The van der Waals surface area contributed by atoms with E-state index in [0.29, 0.717) is 10.7 Å². The summed E-state index contributed by atoms with van der Waals surface area (Å²) in [5.41, 5.74) is 1.37. The molecule has 4 heteroatoms. The zero-order valence-corrected chi connectivity index (χ0v) is 11.7. The second-order valence-corrected chi connectivity index (χ2v) is 5.45. The second-order valence-electron chi connectivity index (χ2n) is 5.06. The molecule has 0 radical (unpaired) electrons. The number of likely N-dealkylation sites (tertiary alicyclic amines) is 1. The lowest BCUT2D eigenvalue weighted by molar-refractivity contribution is 0.283. The van der Waals surface area contributed by atoms with E-state index in [1.54, 1.807) is 13.0 Å². The topological polar surface area (TPSA) is 15.3 Å². The lowest BCUT2D eigenvalue weighted by Crippen LogP contribution is -2.40. The SMILES string of the molecule is Cc1ccc(NC(=S)N2CCC(C)CC2)cc1F. The van der Waals surface area contributed by atoms with Crippen molar-refractivity contribution in [2.45, 2.75) is 26.7 Å². The van der Waals surface area contributed by atoms with Crippen LogP contribution in [0.3, 0.4) is 0 Å². The molecule has 18 heavy (non-hydrogen) atoms. The second kappa shape index (κ2) is 5.65. The molecule has 1 aliphatic heterocycles. The highest BCUT2D eigenvalue weighted by molar-refractivity contribution is 7.80. The van der Waals surface area contributed by atoms with Crippen LogP contribution in [0.4, 0.5) is 10.1 Å². The summed E-state index contributed by atoms with van der Waals surface area (Å²) in [6.07, 6.45) is 2.34. The predicted octanol–water partition coefficient (Wildman–Crippen LogP) is 3.56. The number of halogens is 1. The summed E-state index contributed by atoms with van der Waals surface area (Å²) in [6, 6.07) is 5.12. The normalized spacial score (nSPS) is 16.7. The third-order valence-electron chi connectivity index (χ3n) is 3.49. The van der Waals surface area contributed by atoms with Crippen molar-refractivity contribution >= 4 is 23.0 Å². The Bertz CT molecular complexity index is 439. The molecule has 1 aliphatic rings. The number of rotatable bonds is 1. The smallest absolute Gasteiger partial charge is 0.173 e. The average Bonchev–Trinajstić information content (AvgIpc) is 2.34. The molecule has 2 rings (SSSR count). The van der Waals surface area contributed by atoms with E-state index in [4.69, 9.17) is 12.2 Å². The van der Waals surface area contributed by atoms with Crippen LogP contribution < -0.4 is 5.32 Å². The first-order valence-corrected chi connectivity index (χ1v) is 6.79. The van der Waals surface area contributed by atoms with E-state index in [1.807, 2.05) is 6.07 Å². The van der Waals surface area contributed by atoms with Gasteiger partial charge in [0, 0.05) is 18.8 Å². The third kappa shape index (κ3) is 3.19. The number of nitrogens with one attached hydrogen (secondary N) is 1. The molecule has 1 aromatic rings. The van der Waals surface area contributed by atoms with Gasteiger partial charge in [-0.05, 0) is 55.6 Å².